The largest absolute Gasteiger partial charge is 0.300 e. The molecule has 0 saturated heterocycles. The molecule has 0 fully saturated rings. The molecule has 0 bridgehead atoms. The van der Waals surface area contributed by atoms with Crippen LogP contribution in [0.5, 0.6) is 0 Å². The Kier molecular flexibility index (Phi) is 6.44. The lowest BCUT2D eigenvalue weighted by Gasteiger charge is -2.24. The highest BCUT2D eigenvalue weighted by molar-refractivity contribution is 9.09. The average Bonchev–Trinajstić information content (AvgIpc) is 1.87. The van der Waals surface area contributed by atoms with Crippen molar-refractivity contribution in [2.24, 2.45) is 0 Å². The summed E-state index contributed by atoms with van der Waals surface area (Å²) in [6.45, 7) is 9.12. The smallest absolute Gasteiger partial charge is 0.0159 e. The Hall–Kier alpha value is 0.440. The first-order valence-corrected chi connectivity index (χ1v) is 5.14. The Bertz CT molecular complexity index is 67.7. The zero-order valence-corrected chi connectivity index (χ0v) is 8.82. The molecule has 0 spiro atoms. The van der Waals surface area contributed by atoms with Gasteiger partial charge in [0.2, 0.25) is 0 Å². The first-order chi connectivity index (χ1) is 4.72. The van der Waals surface area contributed by atoms with E-state index in [2.05, 4.69) is 41.6 Å². The van der Waals surface area contributed by atoms with Gasteiger partial charge in [0.05, 0.1) is 0 Å². The molecule has 0 aromatic rings. The van der Waals surface area contributed by atoms with E-state index in [1.807, 2.05) is 0 Å². The van der Waals surface area contributed by atoms with Crippen LogP contribution in [0.4, 0.5) is 0 Å². The van der Waals surface area contributed by atoms with Gasteiger partial charge in [0.25, 0.3) is 0 Å². The van der Waals surface area contributed by atoms with Crippen LogP contribution in [0.25, 0.3) is 0 Å². The van der Waals surface area contributed by atoms with Gasteiger partial charge < -0.3 is 4.90 Å². The number of rotatable bonds is 5. The monoisotopic (exact) mass is 207 g/mol. The third kappa shape index (κ3) is 4.29. The summed E-state index contributed by atoms with van der Waals surface area (Å²) in [6.07, 6.45) is 1.26. The van der Waals surface area contributed by atoms with Gasteiger partial charge in [-0.3, -0.25) is 0 Å². The molecule has 0 aliphatic carbocycles. The summed E-state index contributed by atoms with van der Waals surface area (Å²) in [4.78, 5) is 2.48. The standard InChI is InChI=1S/C8H18BrN/c1-4-6-10(7-5-9)8(2)3/h8H,4-7H2,1-3H3. The Labute approximate surface area is 72.9 Å². The van der Waals surface area contributed by atoms with Gasteiger partial charge in [-0.25, -0.2) is 0 Å². The fourth-order valence-corrected chi connectivity index (χ4v) is 1.48. The molecule has 0 N–H and O–H groups in total. The van der Waals surface area contributed by atoms with E-state index in [4.69, 9.17) is 0 Å². The summed E-state index contributed by atoms with van der Waals surface area (Å²) in [5, 5.41) is 1.09. The molecule has 0 atom stereocenters. The van der Waals surface area contributed by atoms with Gasteiger partial charge in [0.1, 0.15) is 0 Å². The highest BCUT2D eigenvalue weighted by Gasteiger charge is 2.05. The van der Waals surface area contributed by atoms with Crippen molar-refractivity contribution in [1.82, 2.24) is 4.90 Å². The molecule has 0 aromatic carbocycles. The van der Waals surface area contributed by atoms with Gasteiger partial charge in [-0.2, -0.15) is 0 Å². The van der Waals surface area contributed by atoms with E-state index in [0.717, 1.165) is 5.33 Å². The Morgan fingerprint density at radius 3 is 2.20 bits per heavy atom. The molecule has 0 radical (unpaired) electrons. The molecule has 1 nitrogen and oxygen atoms in total. The second-order valence-corrected chi connectivity index (χ2v) is 3.61. The van der Waals surface area contributed by atoms with E-state index >= 15 is 0 Å². The van der Waals surface area contributed by atoms with Crippen LogP contribution in [-0.2, 0) is 0 Å². The molecule has 0 aliphatic rings. The van der Waals surface area contributed by atoms with Gasteiger partial charge in [0, 0.05) is 17.9 Å². The SMILES string of the molecule is CCCN(CCBr)C(C)C. The zero-order valence-electron chi connectivity index (χ0n) is 7.23. The summed E-state index contributed by atoms with van der Waals surface area (Å²) in [5.41, 5.74) is 0. The molecule has 0 aromatic heterocycles. The zero-order chi connectivity index (χ0) is 7.98. The quantitative estimate of drug-likeness (QED) is 0.627. The van der Waals surface area contributed by atoms with Gasteiger partial charge in [-0.15, -0.1) is 0 Å². The molecule has 10 heavy (non-hydrogen) atoms. The Balaban J connectivity index is 3.50. The second-order valence-electron chi connectivity index (χ2n) is 2.82. The minimum atomic E-state index is 0.692. The maximum Gasteiger partial charge on any atom is 0.0159 e. The molecule has 0 aliphatic heterocycles. The minimum Gasteiger partial charge on any atom is -0.300 e. The number of nitrogens with zero attached hydrogens (tertiary/aromatic N) is 1. The van der Waals surface area contributed by atoms with Crippen molar-refractivity contribution in [1.29, 1.82) is 0 Å². The predicted molar refractivity (Wildman–Crippen MR) is 50.8 cm³/mol. The first-order valence-electron chi connectivity index (χ1n) is 4.02. The van der Waals surface area contributed by atoms with E-state index in [0.29, 0.717) is 6.04 Å². The Morgan fingerprint density at radius 1 is 1.30 bits per heavy atom. The molecule has 62 valence electrons. The molecule has 0 saturated carbocycles. The van der Waals surface area contributed by atoms with Crippen LogP contribution >= 0.6 is 15.9 Å². The van der Waals surface area contributed by atoms with Crippen molar-refractivity contribution in [3.05, 3.63) is 0 Å². The van der Waals surface area contributed by atoms with Gasteiger partial charge in [0.15, 0.2) is 0 Å². The highest BCUT2D eigenvalue weighted by Crippen LogP contribution is 1.99. The summed E-state index contributed by atoms with van der Waals surface area (Å²) in [7, 11) is 0. The fraction of sp³-hybridized carbons (Fsp3) is 1.00. The number of halogens is 1. The third-order valence-electron chi connectivity index (χ3n) is 1.61. The van der Waals surface area contributed by atoms with Crippen LogP contribution in [0.3, 0.4) is 0 Å². The second kappa shape index (κ2) is 6.17. The lowest BCUT2D eigenvalue weighted by molar-refractivity contribution is 0.237. The van der Waals surface area contributed by atoms with Crippen molar-refractivity contribution in [2.45, 2.75) is 33.2 Å². The molecule has 0 unspecified atom stereocenters. The lowest BCUT2D eigenvalue weighted by Crippen LogP contribution is -2.33. The molecular weight excluding hydrogens is 190 g/mol. The van der Waals surface area contributed by atoms with E-state index in [9.17, 15) is 0 Å². The predicted octanol–water partition coefficient (Wildman–Crippen LogP) is 2.50. The van der Waals surface area contributed by atoms with Crippen LogP contribution in [0.15, 0.2) is 0 Å². The van der Waals surface area contributed by atoms with Crippen LogP contribution in [0, 0.1) is 0 Å². The highest BCUT2D eigenvalue weighted by atomic mass is 79.9. The first kappa shape index (κ1) is 10.4. The normalized spacial score (nSPS) is 11.4. The average molecular weight is 208 g/mol. The van der Waals surface area contributed by atoms with Crippen molar-refractivity contribution in [3.8, 4) is 0 Å². The number of hydrogen-bond acceptors (Lipinski definition) is 1. The van der Waals surface area contributed by atoms with Crippen LogP contribution < -0.4 is 0 Å². The van der Waals surface area contributed by atoms with Crippen LogP contribution in [0.2, 0.25) is 0 Å². The summed E-state index contributed by atoms with van der Waals surface area (Å²) >= 11 is 3.45. The summed E-state index contributed by atoms with van der Waals surface area (Å²) < 4.78 is 0. The molecule has 0 amide bonds. The molecule has 0 rings (SSSR count). The van der Waals surface area contributed by atoms with Crippen molar-refractivity contribution >= 4 is 15.9 Å². The van der Waals surface area contributed by atoms with Crippen molar-refractivity contribution in [3.63, 3.8) is 0 Å². The van der Waals surface area contributed by atoms with E-state index < -0.39 is 0 Å². The lowest BCUT2D eigenvalue weighted by atomic mass is 10.3. The topological polar surface area (TPSA) is 3.24 Å². The van der Waals surface area contributed by atoms with E-state index in [-0.39, 0.29) is 0 Å². The maximum absolute atomic E-state index is 3.45. The van der Waals surface area contributed by atoms with Crippen LogP contribution in [-0.4, -0.2) is 29.4 Å². The third-order valence-corrected chi connectivity index (χ3v) is 1.97. The number of hydrogen-bond donors (Lipinski definition) is 0. The molecule has 0 heterocycles. The summed E-state index contributed by atoms with van der Waals surface area (Å²) in [6, 6.07) is 0.692. The fourth-order valence-electron chi connectivity index (χ4n) is 1.02. The van der Waals surface area contributed by atoms with Crippen molar-refractivity contribution in [2.75, 3.05) is 18.4 Å². The van der Waals surface area contributed by atoms with E-state index in [1.165, 1.54) is 19.5 Å². The number of alkyl halides is 1. The van der Waals surface area contributed by atoms with Crippen LogP contribution in [0.1, 0.15) is 27.2 Å². The van der Waals surface area contributed by atoms with Crippen molar-refractivity contribution < 1.29 is 0 Å². The molecular formula is C8H18BrN. The Morgan fingerprint density at radius 2 is 1.90 bits per heavy atom. The van der Waals surface area contributed by atoms with E-state index in [1.54, 1.807) is 0 Å². The maximum atomic E-state index is 3.45. The van der Waals surface area contributed by atoms with Gasteiger partial charge in [-0.05, 0) is 26.8 Å². The summed E-state index contributed by atoms with van der Waals surface area (Å²) in [5.74, 6) is 0. The molecule has 2 heteroatoms. The minimum absolute atomic E-state index is 0.692. The van der Waals surface area contributed by atoms with Gasteiger partial charge >= 0.3 is 0 Å². The van der Waals surface area contributed by atoms with Gasteiger partial charge in [-0.1, -0.05) is 22.9 Å².